The van der Waals surface area contributed by atoms with Gasteiger partial charge in [-0.3, -0.25) is 14.8 Å². The van der Waals surface area contributed by atoms with Gasteiger partial charge in [0.1, 0.15) is 18.4 Å². The van der Waals surface area contributed by atoms with E-state index in [-0.39, 0.29) is 11.7 Å². The van der Waals surface area contributed by atoms with E-state index in [2.05, 4.69) is 10.1 Å². The first-order chi connectivity index (χ1) is 10.1. The van der Waals surface area contributed by atoms with Crippen LogP contribution in [-0.2, 0) is 0 Å². The molecule has 0 fully saturated rings. The summed E-state index contributed by atoms with van der Waals surface area (Å²) in [5.41, 5.74) is 0.867. The molecule has 2 aromatic heterocycles. The summed E-state index contributed by atoms with van der Waals surface area (Å²) >= 11 is 0. The molecular weight excluding hydrogens is 272 g/mol. The summed E-state index contributed by atoms with van der Waals surface area (Å²) < 4.78 is 7.17. The zero-order valence-corrected chi connectivity index (χ0v) is 11.2. The first kappa shape index (κ1) is 13.0. The Morgan fingerprint density at radius 3 is 2.71 bits per heavy atom. The van der Waals surface area contributed by atoms with E-state index >= 15 is 0 Å². The largest absolute Gasteiger partial charge is 0.438 e. The van der Waals surface area contributed by atoms with Gasteiger partial charge < -0.3 is 4.42 Å². The standard InChI is InChI=1S/C14H12N4O3/c1-10(17-9-12(7-16-17)18(19)20)14-15-8-13(21-14)11-5-3-2-4-6-11/h2-10H,1H3. The first-order valence-electron chi connectivity index (χ1n) is 6.35. The summed E-state index contributed by atoms with van der Waals surface area (Å²) in [5.74, 6) is 1.10. The highest BCUT2D eigenvalue weighted by atomic mass is 16.6. The Hall–Kier alpha value is -2.96. The average molecular weight is 284 g/mol. The summed E-state index contributed by atoms with van der Waals surface area (Å²) in [6.45, 7) is 1.82. The van der Waals surface area contributed by atoms with Crippen LogP contribution >= 0.6 is 0 Å². The normalized spacial score (nSPS) is 12.2. The monoisotopic (exact) mass is 284 g/mol. The highest BCUT2D eigenvalue weighted by Gasteiger charge is 2.18. The van der Waals surface area contributed by atoms with Gasteiger partial charge in [-0.2, -0.15) is 5.10 Å². The average Bonchev–Trinajstić information content (AvgIpc) is 3.17. The van der Waals surface area contributed by atoms with Gasteiger partial charge in [-0.15, -0.1) is 0 Å². The number of nitro groups is 1. The lowest BCUT2D eigenvalue weighted by atomic mass is 10.2. The molecule has 0 aliphatic rings. The van der Waals surface area contributed by atoms with Crippen molar-refractivity contribution in [2.24, 2.45) is 0 Å². The van der Waals surface area contributed by atoms with E-state index in [0.29, 0.717) is 11.7 Å². The molecule has 3 aromatic rings. The van der Waals surface area contributed by atoms with Crippen molar-refractivity contribution in [1.82, 2.24) is 14.8 Å². The lowest BCUT2D eigenvalue weighted by Crippen LogP contribution is -2.07. The minimum Gasteiger partial charge on any atom is -0.438 e. The van der Waals surface area contributed by atoms with Crippen LogP contribution in [0.1, 0.15) is 18.9 Å². The smallest absolute Gasteiger partial charge is 0.307 e. The van der Waals surface area contributed by atoms with E-state index in [9.17, 15) is 10.1 Å². The highest BCUT2D eigenvalue weighted by molar-refractivity contribution is 5.55. The van der Waals surface area contributed by atoms with E-state index in [1.165, 1.54) is 17.1 Å². The van der Waals surface area contributed by atoms with Gasteiger partial charge in [-0.25, -0.2) is 4.98 Å². The van der Waals surface area contributed by atoms with Crippen LogP contribution in [0.15, 0.2) is 53.3 Å². The van der Waals surface area contributed by atoms with Crippen molar-refractivity contribution in [3.63, 3.8) is 0 Å². The molecule has 1 aromatic carbocycles. The summed E-state index contributed by atoms with van der Waals surface area (Å²) in [6.07, 6.45) is 4.20. The van der Waals surface area contributed by atoms with Crippen LogP contribution in [0.3, 0.4) is 0 Å². The molecule has 2 heterocycles. The second kappa shape index (κ2) is 5.20. The maximum atomic E-state index is 10.7. The summed E-state index contributed by atoms with van der Waals surface area (Å²) in [4.78, 5) is 14.4. The maximum absolute atomic E-state index is 10.7. The van der Waals surface area contributed by atoms with Gasteiger partial charge >= 0.3 is 5.69 Å². The lowest BCUT2D eigenvalue weighted by Gasteiger charge is -2.06. The van der Waals surface area contributed by atoms with Gasteiger partial charge in [0.05, 0.1) is 11.1 Å². The summed E-state index contributed by atoms with van der Waals surface area (Å²) in [5, 5.41) is 14.6. The minimum absolute atomic E-state index is 0.0586. The Balaban J connectivity index is 1.87. The highest BCUT2D eigenvalue weighted by Crippen LogP contribution is 2.25. The first-order valence-corrected chi connectivity index (χ1v) is 6.35. The molecule has 7 heteroatoms. The topological polar surface area (TPSA) is 87.0 Å². The van der Waals surface area contributed by atoms with Gasteiger partial charge in [-0.05, 0) is 6.92 Å². The van der Waals surface area contributed by atoms with Crippen molar-refractivity contribution in [3.8, 4) is 11.3 Å². The number of aromatic nitrogens is 3. The maximum Gasteiger partial charge on any atom is 0.307 e. The van der Waals surface area contributed by atoms with Gasteiger partial charge in [0, 0.05) is 5.56 Å². The SMILES string of the molecule is CC(c1ncc(-c2ccccc2)o1)n1cc([N+](=O)[O-])cn1. The molecule has 0 spiro atoms. The van der Waals surface area contributed by atoms with Crippen LogP contribution in [0.5, 0.6) is 0 Å². The molecule has 1 atom stereocenters. The minimum atomic E-state index is -0.485. The van der Waals surface area contributed by atoms with Gasteiger partial charge in [-0.1, -0.05) is 30.3 Å². The lowest BCUT2D eigenvalue weighted by molar-refractivity contribution is -0.385. The zero-order valence-electron chi connectivity index (χ0n) is 11.2. The predicted octanol–water partition coefficient (Wildman–Crippen LogP) is 3.06. The van der Waals surface area contributed by atoms with Gasteiger partial charge in [0.25, 0.3) is 0 Å². The molecule has 0 amide bonds. The molecule has 1 unspecified atom stereocenters. The molecule has 0 saturated carbocycles. The number of hydrogen-bond donors (Lipinski definition) is 0. The molecule has 0 N–H and O–H groups in total. The third-order valence-corrected chi connectivity index (χ3v) is 3.13. The Bertz CT molecular complexity index is 763. The van der Waals surface area contributed by atoms with E-state index < -0.39 is 4.92 Å². The fourth-order valence-electron chi connectivity index (χ4n) is 1.96. The van der Waals surface area contributed by atoms with Crippen LogP contribution in [0.4, 0.5) is 5.69 Å². The van der Waals surface area contributed by atoms with Crippen molar-refractivity contribution >= 4 is 5.69 Å². The third kappa shape index (κ3) is 2.53. The Kier molecular flexibility index (Phi) is 3.23. The number of nitrogens with zero attached hydrogens (tertiary/aromatic N) is 4. The van der Waals surface area contributed by atoms with Crippen molar-refractivity contribution in [1.29, 1.82) is 0 Å². The van der Waals surface area contributed by atoms with Crippen LogP contribution in [0.2, 0.25) is 0 Å². The van der Waals surface area contributed by atoms with Gasteiger partial charge in [0.2, 0.25) is 5.89 Å². The van der Waals surface area contributed by atoms with E-state index in [0.717, 1.165) is 5.56 Å². The number of benzene rings is 1. The second-order valence-corrected chi connectivity index (χ2v) is 4.54. The quantitative estimate of drug-likeness (QED) is 0.542. The Morgan fingerprint density at radius 1 is 1.29 bits per heavy atom. The number of rotatable bonds is 4. The van der Waals surface area contributed by atoms with E-state index in [1.54, 1.807) is 6.20 Å². The summed E-state index contributed by atoms with van der Waals surface area (Å²) in [6, 6.07) is 9.28. The number of oxazole rings is 1. The molecule has 0 bridgehead atoms. The molecule has 106 valence electrons. The summed E-state index contributed by atoms with van der Waals surface area (Å²) in [7, 11) is 0. The van der Waals surface area contributed by atoms with Gasteiger partial charge in [0.15, 0.2) is 5.76 Å². The molecule has 21 heavy (non-hydrogen) atoms. The van der Waals surface area contributed by atoms with Crippen molar-refractivity contribution < 1.29 is 9.34 Å². The van der Waals surface area contributed by atoms with Crippen molar-refractivity contribution in [2.75, 3.05) is 0 Å². The molecular formula is C14H12N4O3. The van der Waals surface area contributed by atoms with Crippen LogP contribution < -0.4 is 0 Å². The molecule has 0 aliphatic carbocycles. The van der Waals surface area contributed by atoms with Crippen LogP contribution in [0.25, 0.3) is 11.3 Å². The molecule has 0 aliphatic heterocycles. The third-order valence-electron chi connectivity index (χ3n) is 3.13. The van der Waals surface area contributed by atoms with E-state index in [1.807, 2.05) is 37.3 Å². The fourth-order valence-corrected chi connectivity index (χ4v) is 1.96. The molecule has 0 radical (unpaired) electrons. The van der Waals surface area contributed by atoms with Crippen molar-refractivity contribution in [2.45, 2.75) is 13.0 Å². The van der Waals surface area contributed by atoms with Crippen LogP contribution in [-0.4, -0.2) is 19.7 Å². The van der Waals surface area contributed by atoms with Crippen molar-refractivity contribution in [3.05, 3.63) is 64.9 Å². The molecule has 3 rings (SSSR count). The fraction of sp³-hybridized carbons (Fsp3) is 0.143. The Morgan fingerprint density at radius 2 is 2.05 bits per heavy atom. The predicted molar refractivity (Wildman–Crippen MR) is 74.6 cm³/mol. The molecule has 0 saturated heterocycles. The zero-order chi connectivity index (χ0) is 14.8. The van der Waals surface area contributed by atoms with E-state index in [4.69, 9.17) is 4.42 Å². The Labute approximate surface area is 120 Å². The number of hydrogen-bond acceptors (Lipinski definition) is 5. The van der Waals surface area contributed by atoms with Crippen LogP contribution in [0, 0.1) is 10.1 Å². The molecule has 7 nitrogen and oxygen atoms in total. The second-order valence-electron chi connectivity index (χ2n) is 4.54.